The van der Waals surface area contributed by atoms with Crippen molar-refractivity contribution in [3.8, 4) is 0 Å². The SMILES string of the molecule is CN(Cc1ccc(Br)cc1)S(=O)(=O)c1cc(CCl)n(C)c1. The number of halogens is 2. The number of sulfonamides is 1. The minimum absolute atomic E-state index is 0.264. The number of aromatic nitrogens is 1. The molecule has 114 valence electrons. The van der Waals surface area contributed by atoms with E-state index < -0.39 is 10.0 Å². The van der Waals surface area contributed by atoms with Crippen LogP contribution in [-0.2, 0) is 29.5 Å². The van der Waals surface area contributed by atoms with E-state index in [2.05, 4.69) is 15.9 Å². The van der Waals surface area contributed by atoms with Crippen molar-refractivity contribution in [1.82, 2.24) is 8.87 Å². The van der Waals surface area contributed by atoms with E-state index in [1.54, 1.807) is 30.9 Å². The van der Waals surface area contributed by atoms with Crippen LogP contribution in [-0.4, -0.2) is 24.3 Å². The van der Waals surface area contributed by atoms with E-state index in [0.717, 1.165) is 15.7 Å². The summed E-state index contributed by atoms with van der Waals surface area (Å²) in [5.74, 6) is 0.280. The van der Waals surface area contributed by atoms with E-state index in [0.29, 0.717) is 6.54 Å². The number of nitrogens with zero attached hydrogens (tertiary/aromatic N) is 2. The maximum atomic E-state index is 12.5. The molecular formula is C14H16BrClN2O2S. The number of rotatable bonds is 5. The zero-order valence-electron chi connectivity index (χ0n) is 11.8. The molecule has 4 nitrogen and oxygen atoms in total. The van der Waals surface area contributed by atoms with Gasteiger partial charge in [-0.15, -0.1) is 11.6 Å². The van der Waals surface area contributed by atoms with Crippen molar-refractivity contribution in [1.29, 1.82) is 0 Å². The van der Waals surface area contributed by atoms with Gasteiger partial charge in [0, 0.05) is 37.0 Å². The minimum Gasteiger partial charge on any atom is -0.352 e. The van der Waals surface area contributed by atoms with Crippen LogP contribution < -0.4 is 0 Å². The molecule has 2 aromatic rings. The molecule has 0 aliphatic carbocycles. The fraction of sp³-hybridized carbons (Fsp3) is 0.286. The zero-order chi connectivity index (χ0) is 15.6. The number of hydrogen-bond acceptors (Lipinski definition) is 2. The first-order chi connectivity index (χ1) is 9.84. The van der Waals surface area contributed by atoms with E-state index in [4.69, 9.17) is 11.6 Å². The average molecular weight is 392 g/mol. The number of alkyl halides is 1. The molecule has 0 aliphatic heterocycles. The maximum Gasteiger partial charge on any atom is 0.244 e. The van der Waals surface area contributed by atoms with E-state index in [1.165, 1.54) is 4.31 Å². The first-order valence-electron chi connectivity index (χ1n) is 6.26. The third kappa shape index (κ3) is 3.69. The molecule has 2 rings (SSSR count). The van der Waals surface area contributed by atoms with Gasteiger partial charge < -0.3 is 4.57 Å². The third-order valence-electron chi connectivity index (χ3n) is 3.25. The summed E-state index contributed by atoms with van der Waals surface area (Å²) in [6, 6.07) is 9.19. The molecule has 0 saturated carbocycles. The zero-order valence-corrected chi connectivity index (χ0v) is 14.9. The predicted molar refractivity (Wildman–Crippen MR) is 87.8 cm³/mol. The quantitative estimate of drug-likeness (QED) is 0.734. The molecule has 7 heteroatoms. The van der Waals surface area contributed by atoms with Gasteiger partial charge >= 0.3 is 0 Å². The largest absolute Gasteiger partial charge is 0.352 e. The molecule has 0 unspecified atom stereocenters. The van der Waals surface area contributed by atoms with Crippen molar-refractivity contribution < 1.29 is 8.42 Å². The summed E-state index contributed by atoms with van der Waals surface area (Å²) >= 11 is 9.15. The second-order valence-electron chi connectivity index (χ2n) is 4.80. The maximum absolute atomic E-state index is 12.5. The Morgan fingerprint density at radius 1 is 1.29 bits per heavy atom. The molecule has 1 heterocycles. The summed E-state index contributed by atoms with van der Waals surface area (Å²) in [5, 5.41) is 0. The lowest BCUT2D eigenvalue weighted by Crippen LogP contribution is -2.26. The second-order valence-corrected chi connectivity index (χ2v) is 8.03. The van der Waals surface area contributed by atoms with Crippen molar-refractivity contribution in [3.63, 3.8) is 0 Å². The summed E-state index contributed by atoms with van der Waals surface area (Å²) in [5.41, 5.74) is 1.70. The van der Waals surface area contributed by atoms with Crippen LogP contribution in [0.3, 0.4) is 0 Å². The van der Waals surface area contributed by atoms with Gasteiger partial charge in [-0.25, -0.2) is 8.42 Å². The molecule has 0 radical (unpaired) electrons. The molecule has 0 saturated heterocycles. The Morgan fingerprint density at radius 2 is 1.90 bits per heavy atom. The molecule has 1 aromatic heterocycles. The predicted octanol–water partition coefficient (Wildman–Crippen LogP) is 3.35. The summed E-state index contributed by atoms with van der Waals surface area (Å²) in [7, 11) is -0.160. The monoisotopic (exact) mass is 390 g/mol. The van der Waals surface area contributed by atoms with E-state index >= 15 is 0 Å². The Kier molecular flexibility index (Phi) is 5.14. The van der Waals surface area contributed by atoms with E-state index in [1.807, 2.05) is 24.3 Å². The van der Waals surface area contributed by atoms with E-state index in [9.17, 15) is 8.42 Å². The highest BCUT2D eigenvalue weighted by molar-refractivity contribution is 9.10. The highest BCUT2D eigenvalue weighted by Gasteiger charge is 2.23. The molecule has 1 aromatic carbocycles. The second kappa shape index (κ2) is 6.52. The third-order valence-corrected chi connectivity index (χ3v) is 5.82. The van der Waals surface area contributed by atoms with Crippen LogP contribution in [0, 0.1) is 0 Å². The van der Waals surface area contributed by atoms with Crippen LogP contribution >= 0.6 is 27.5 Å². The van der Waals surface area contributed by atoms with Crippen LogP contribution in [0.5, 0.6) is 0 Å². The Balaban J connectivity index is 2.23. The van der Waals surface area contributed by atoms with Gasteiger partial charge in [-0.3, -0.25) is 0 Å². The number of aryl methyl sites for hydroxylation is 1. The Labute approximate surface area is 138 Å². The van der Waals surface area contributed by atoms with Gasteiger partial charge in [-0.2, -0.15) is 4.31 Å². The average Bonchev–Trinajstić information content (AvgIpc) is 2.83. The lowest BCUT2D eigenvalue weighted by molar-refractivity contribution is 0.466. The number of hydrogen-bond donors (Lipinski definition) is 0. The summed E-state index contributed by atoms with van der Waals surface area (Å²) in [6.45, 7) is 0.320. The molecule has 0 fully saturated rings. The topological polar surface area (TPSA) is 42.3 Å². The van der Waals surface area contributed by atoms with Crippen molar-refractivity contribution in [3.05, 3.63) is 52.3 Å². The molecule has 0 bridgehead atoms. The normalized spacial score (nSPS) is 12.0. The van der Waals surface area contributed by atoms with Gasteiger partial charge in [0.15, 0.2) is 0 Å². The fourth-order valence-electron chi connectivity index (χ4n) is 1.96. The minimum atomic E-state index is -3.52. The van der Waals surface area contributed by atoms with Gasteiger partial charge in [0.05, 0.1) is 5.88 Å². The number of benzene rings is 1. The first-order valence-corrected chi connectivity index (χ1v) is 9.03. The lowest BCUT2D eigenvalue weighted by Gasteiger charge is -2.16. The Morgan fingerprint density at radius 3 is 2.43 bits per heavy atom. The smallest absolute Gasteiger partial charge is 0.244 e. The van der Waals surface area contributed by atoms with Gasteiger partial charge in [-0.05, 0) is 23.8 Å². The van der Waals surface area contributed by atoms with Crippen LogP contribution in [0.2, 0.25) is 0 Å². The summed E-state index contributed by atoms with van der Waals surface area (Å²) in [4.78, 5) is 0.264. The van der Waals surface area contributed by atoms with Gasteiger partial charge in [-0.1, -0.05) is 28.1 Å². The van der Waals surface area contributed by atoms with Crippen LogP contribution in [0.15, 0.2) is 45.9 Å². The van der Waals surface area contributed by atoms with Gasteiger partial charge in [0.2, 0.25) is 10.0 Å². The molecular weight excluding hydrogens is 376 g/mol. The lowest BCUT2D eigenvalue weighted by atomic mass is 10.2. The standard InChI is InChI=1S/C14H16BrClN2O2S/c1-17-10-14(7-13(17)8-16)21(19,20)18(2)9-11-3-5-12(15)6-4-11/h3-7,10H,8-9H2,1-2H3. The van der Waals surface area contributed by atoms with Crippen molar-refractivity contribution >= 4 is 37.6 Å². The highest BCUT2D eigenvalue weighted by atomic mass is 79.9. The molecule has 0 spiro atoms. The van der Waals surface area contributed by atoms with Crippen LogP contribution in [0.25, 0.3) is 0 Å². The summed E-state index contributed by atoms with van der Waals surface area (Å²) in [6.07, 6.45) is 1.59. The highest BCUT2D eigenvalue weighted by Crippen LogP contribution is 2.20. The summed E-state index contributed by atoms with van der Waals surface area (Å²) < 4.78 is 29.1. The molecule has 21 heavy (non-hydrogen) atoms. The Hall–Kier alpha value is -0.820. The molecule has 0 amide bonds. The fourth-order valence-corrected chi connectivity index (χ4v) is 3.75. The molecule has 0 aliphatic rings. The van der Waals surface area contributed by atoms with Crippen LogP contribution in [0.4, 0.5) is 0 Å². The van der Waals surface area contributed by atoms with Gasteiger partial charge in [0.25, 0.3) is 0 Å². The van der Waals surface area contributed by atoms with Crippen molar-refractivity contribution in [2.45, 2.75) is 17.3 Å². The molecule has 0 atom stereocenters. The molecule has 0 N–H and O–H groups in total. The van der Waals surface area contributed by atoms with Crippen molar-refractivity contribution in [2.24, 2.45) is 7.05 Å². The first kappa shape index (κ1) is 16.5. The van der Waals surface area contributed by atoms with Crippen LogP contribution in [0.1, 0.15) is 11.3 Å². The van der Waals surface area contributed by atoms with Gasteiger partial charge in [0.1, 0.15) is 4.90 Å². The van der Waals surface area contributed by atoms with E-state index in [-0.39, 0.29) is 10.8 Å². The van der Waals surface area contributed by atoms with Crippen molar-refractivity contribution in [2.75, 3.05) is 7.05 Å². The Bertz CT molecular complexity index is 726.